The van der Waals surface area contributed by atoms with Gasteiger partial charge in [-0.3, -0.25) is 14.9 Å². The van der Waals surface area contributed by atoms with Crippen molar-refractivity contribution < 1.29 is 9.72 Å². The summed E-state index contributed by atoms with van der Waals surface area (Å²) in [5.74, 6) is -0.166. The molecule has 0 radical (unpaired) electrons. The number of thiazole rings is 1. The van der Waals surface area contributed by atoms with E-state index in [0.717, 1.165) is 17.5 Å². The van der Waals surface area contributed by atoms with E-state index in [2.05, 4.69) is 15.6 Å². The quantitative estimate of drug-likeness (QED) is 0.594. The minimum Gasteiger partial charge on any atom is -0.355 e. The lowest BCUT2D eigenvalue weighted by atomic mass is 10.3. The van der Waals surface area contributed by atoms with Crippen molar-refractivity contribution in [2.45, 2.75) is 19.9 Å². The molecule has 8 heteroatoms. The number of nitrogens with zero attached hydrogens (tertiary/aromatic N) is 2. The number of nitrogens with one attached hydrogen (secondary N) is 2. The van der Waals surface area contributed by atoms with Crippen molar-refractivity contribution in [1.29, 1.82) is 0 Å². The van der Waals surface area contributed by atoms with E-state index in [-0.39, 0.29) is 10.9 Å². The number of carbonyl (C=O) groups excluding carboxylic acids is 1. The second-order valence-corrected chi connectivity index (χ2v) is 4.03. The highest BCUT2D eigenvalue weighted by Crippen LogP contribution is 2.25. The molecule has 1 aromatic rings. The first-order valence-electron chi connectivity index (χ1n) is 4.69. The van der Waals surface area contributed by atoms with Gasteiger partial charge in [0.1, 0.15) is 12.2 Å². The molecule has 0 saturated carbocycles. The Hall–Kier alpha value is -1.70. The van der Waals surface area contributed by atoms with Gasteiger partial charge in [0.05, 0.1) is 4.92 Å². The van der Waals surface area contributed by atoms with Crippen molar-refractivity contribution in [3.05, 3.63) is 16.3 Å². The third-order valence-corrected chi connectivity index (χ3v) is 2.64. The molecule has 1 rings (SSSR count). The second kappa shape index (κ2) is 5.40. The molecule has 7 nitrogen and oxygen atoms in total. The molecule has 0 fully saturated rings. The Kier molecular flexibility index (Phi) is 4.18. The SMILES string of the molecule is CCNC(=O)C(C)Nc1ncc([N+](=O)[O-])s1. The zero-order chi connectivity index (χ0) is 12.1. The van der Waals surface area contributed by atoms with Gasteiger partial charge in [0.15, 0.2) is 5.13 Å². The van der Waals surface area contributed by atoms with Crippen LogP contribution in [0.4, 0.5) is 10.1 Å². The number of likely N-dealkylation sites (N-methyl/N-ethyl adjacent to an activating group) is 1. The van der Waals surface area contributed by atoms with E-state index in [1.165, 1.54) is 0 Å². The Bertz CT molecular complexity index is 392. The summed E-state index contributed by atoms with van der Waals surface area (Å²) in [6.45, 7) is 4.03. The molecule has 0 aliphatic carbocycles. The first kappa shape index (κ1) is 12.4. The van der Waals surface area contributed by atoms with Crippen molar-refractivity contribution in [3.8, 4) is 0 Å². The lowest BCUT2D eigenvalue weighted by Gasteiger charge is -2.11. The number of rotatable bonds is 5. The molecule has 0 aromatic carbocycles. The highest BCUT2D eigenvalue weighted by atomic mass is 32.1. The lowest BCUT2D eigenvalue weighted by Crippen LogP contribution is -2.37. The van der Waals surface area contributed by atoms with E-state index >= 15 is 0 Å². The Morgan fingerprint density at radius 2 is 2.44 bits per heavy atom. The van der Waals surface area contributed by atoms with Gasteiger partial charge in [0.25, 0.3) is 0 Å². The van der Waals surface area contributed by atoms with Crippen LogP contribution < -0.4 is 10.6 Å². The Morgan fingerprint density at radius 3 is 2.94 bits per heavy atom. The van der Waals surface area contributed by atoms with Crippen molar-refractivity contribution in [2.75, 3.05) is 11.9 Å². The molecule has 0 aliphatic heterocycles. The van der Waals surface area contributed by atoms with Crippen LogP contribution in [-0.4, -0.2) is 28.4 Å². The summed E-state index contributed by atoms with van der Waals surface area (Å²) < 4.78 is 0. The zero-order valence-corrected chi connectivity index (χ0v) is 9.71. The summed E-state index contributed by atoms with van der Waals surface area (Å²) in [5, 5.41) is 16.2. The van der Waals surface area contributed by atoms with Crippen LogP contribution >= 0.6 is 11.3 Å². The summed E-state index contributed by atoms with van der Waals surface area (Å²) in [5.41, 5.74) is 0. The molecule has 88 valence electrons. The van der Waals surface area contributed by atoms with E-state index < -0.39 is 11.0 Å². The van der Waals surface area contributed by atoms with Gasteiger partial charge in [-0.2, -0.15) is 0 Å². The van der Waals surface area contributed by atoms with E-state index in [1.54, 1.807) is 6.92 Å². The number of aromatic nitrogens is 1. The maximum Gasteiger partial charge on any atom is 0.345 e. The number of carbonyl (C=O) groups is 1. The number of hydrogen-bond donors (Lipinski definition) is 2. The number of anilines is 1. The van der Waals surface area contributed by atoms with Gasteiger partial charge < -0.3 is 10.6 Å². The molecule has 2 N–H and O–H groups in total. The van der Waals surface area contributed by atoms with Gasteiger partial charge in [-0.05, 0) is 25.2 Å². The maximum atomic E-state index is 11.4. The summed E-state index contributed by atoms with van der Waals surface area (Å²) in [7, 11) is 0. The molecule has 1 amide bonds. The van der Waals surface area contributed by atoms with Crippen LogP contribution in [0.5, 0.6) is 0 Å². The van der Waals surface area contributed by atoms with E-state index in [0.29, 0.717) is 11.7 Å². The van der Waals surface area contributed by atoms with Gasteiger partial charge in [-0.25, -0.2) is 4.98 Å². The molecule has 1 unspecified atom stereocenters. The highest BCUT2D eigenvalue weighted by molar-refractivity contribution is 7.18. The van der Waals surface area contributed by atoms with E-state index in [4.69, 9.17) is 0 Å². The highest BCUT2D eigenvalue weighted by Gasteiger charge is 2.16. The van der Waals surface area contributed by atoms with Gasteiger partial charge in [0, 0.05) is 6.54 Å². The van der Waals surface area contributed by atoms with Gasteiger partial charge in [-0.1, -0.05) is 0 Å². The molecule has 0 spiro atoms. The second-order valence-electron chi connectivity index (χ2n) is 3.02. The largest absolute Gasteiger partial charge is 0.355 e. The minimum atomic E-state index is -0.514. The lowest BCUT2D eigenvalue weighted by molar-refractivity contribution is -0.380. The van der Waals surface area contributed by atoms with Crippen LogP contribution in [0, 0.1) is 10.1 Å². The maximum absolute atomic E-state index is 11.4. The molecule has 1 heterocycles. The molecular formula is C8H12N4O3S. The molecule has 0 aliphatic rings. The smallest absolute Gasteiger partial charge is 0.345 e. The van der Waals surface area contributed by atoms with Crippen LogP contribution in [0.1, 0.15) is 13.8 Å². The van der Waals surface area contributed by atoms with Crippen molar-refractivity contribution in [3.63, 3.8) is 0 Å². The monoisotopic (exact) mass is 244 g/mol. The fourth-order valence-electron chi connectivity index (χ4n) is 0.995. The molecular weight excluding hydrogens is 232 g/mol. The number of amides is 1. The van der Waals surface area contributed by atoms with Crippen molar-refractivity contribution in [2.24, 2.45) is 0 Å². The topological polar surface area (TPSA) is 97.2 Å². The standard InChI is InChI=1S/C8H12N4O3S/c1-3-9-7(13)5(2)11-8-10-4-6(16-8)12(14)15/h4-5H,3H2,1-2H3,(H,9,13)(H,10,11). The average molecular weight is 244 g/mol. The molecule has 1 aromatic heterocycles. The van der Waals surface area contributed by atoms with Crippen LogP contribution in [0.2, 0.25) is 0 Å². The van der Waals surface area contributed by atoms with Gasteiger partial charge in [-0.15, -0.1) is 0 Å². The first-order chi connectivity index (χ1) is 7.54. The summed E-state index contributed by atoms with van der Waals surface area (Å²) in [4.78, 5) is 25.1. The third-order valence-electron chi connectivity index (χ3n) is 1.76. The average Bonchev–Trinajstić information content (AvgIpc) is 2.66. The molecule has 16 heavy (non-hydrogen) atoms. The molecule has 1 atom stereocenters. The first-order valence-corrected chi connectivity index (χ1v) is 5.50. The van der Waals surface area contributed by atoms with Crippen LogP contribution in [0.15, 0.2) is 6.20 Å². The predicted molar refractivity (Wildman–Crippen MR) is 60.5 cm³/mol. The molecule has 0 bridgehead atoms. The third kappa shape index (κ3) is 3.16. The number of hydrogen-bond acceptors (Lipinski definition) is 6. The Morgan fingerprint density at radius 1 is 1.75 bits per heavy atom. The Labute approximate surface area is 96.0 Å². The van der Waals surface area contributed by atoms with Gasteiger partial charge >= 0.3 is 5.00 Å². The Balaban J connectivity index is 2.59. The summed E-state index contributed by atoms with van der Waals surface area (Å²) in [6.07, 6.45) is 1.16. The summed E-state index contributed by atoms with van der Waals surface area (Å²) >= 11 is 0.904. The zero-order valence-electron chi connectivity index (χ0n) is 8.89. The fraction of sp³-hybridized carbons (Fsp3) is 0.500. The fourth-order valence-corrected chi connectivity index (χ4v) is 1.71. The van der Waals surface area contributed by atoms with Crippen LogP contribution in [0.3, 0.4) is 0 Å². The van der Waals surface area contributed by atoms with E-state index in [1.807, 2.05) is 6.92 Å². The number of nitro groups is 1. The summed E-state index contributed by atoms with van der Waals surface area (Å²) in [6, 6.07) is -0.467. The predicted octanol–water partition coefficient (Wildman–Crippen LogP) is 0.988. The van der Waals surface area contributed by atoms with Crippen molar-refractivity contribution in [1.82, 2.24) is 10.3 Å². The van der Waals surface area contributed by atoms with Crippen LogP contribution in [0.25, 0.3) is 0 Å². The molecule has 0 saturated heterocycles. The van der Waals surface area contributed by atoms with Crippen LogP contribution in [-0.2, 0) is 4.79 Å². The van der Waals surface area contributed by atoms with Gasteiger partial charge in [0.2, 0.25) is 5.91 Å². The normalized spacial score (nSPS) is 11.9. The van der Waals surface area contributed by atoms with Crippen molar-refractivity contribution >= 4 is 27.4 Å². The minimum absolute atomic E-state index is 0.0504. The van der Waals surface area contributed by atoms with E-state index in [9.17, 15) is 14.9 Å².